The molecule has 5 nitrogen and oxygen atoms in total. The molecule has 1 aliphatic rings. The Morgan fingerprint density at radius 2 is 1.65 bits per heavy atom. The number of benzene rings is 3. The Morgan fingerprint density at radius 1 is 0.968 bits per heavy atom. The number of rotatable bonds is 5. The molecule has 1 unspecified atom stereocenters. The first-order valence-corrected chi connectivity index (χ1v) is 11.8. The summed E-state index contributed by atoms with van der Waals surface area (Å²) in [7, 11) is -3.86. The number of nitrogens with zero attached hydrogens (tertiary/aromatic N) is 1. The Morgan fingerprint density at radius 3 is 2.39 bits per heavy atom. The third-order valence-corrected chi connectivity index (χ3v) is 7.74. The summed E-state index contributed by atoms with van der Waals surface area (Å²) in [5, 5.41) is 2.93. The van der Waals surface area contributed by atoms with Gasteiger partial charge >= 0.3 is 0 Å². The van der Waals surface area contributed by atoms with Crippen molar-refractivity contribution >= 4 is 15.9 Å². The van der Waals surface area contributed by atoms with Crippen molar-refractivity contribution in [2.24, 2.45) is 0 Å². The highest BCUT2D eigenvalue weighted by molar-refractivity contribution is 7.89. The number of hydrogen-bond donors (Lipinski definition) is 1. The van der Waals surface area contributed by atoms with Crippen LogP contribution in [0.3, 0.4) is 0 Å². The van der Waals surface area contributed by atoms with E-state index < -0.39 is 16.1 Å². The van der Waals surface area contributed by atoms with Gasteiger partial charge in [-0.2, -0.15) is 4.31 Å². The van der Waals surface area contributed by atoms with Crippen molar-refractivity contribution in [3.8, 4) is 0 Å². The summed E-state index contributed by atoms with van der Waals surface area (Å²) >= 11 is 0. The molecule has 0 spiro atoms. The minimum absolute atomic E-state index is 0.176. The molecule has 1 amide bonds. The van der Waals surface area contributed by atoms with Crippen LogP contribution in [0.2, 0.25) is 0 Å². The van der Waals surface area contributed by atoms with Crippen molar-refractivity contribution in [3.63, 3.8) is 0 Å². The Balaban J connectivity index is 1.69. The number of carbonyl (C=O) groups is 1. The van der Waals surface area contributed by atoms with Gasteiger partial charge in [0.15, 0.2) is 0 Å². The third kappa shape index (κ3) is 4.40. The zero-order valence-electron chi connectivity index (χ0n) is 17.7. The van der Waals surface area contributed by atoms with Crippen LogP contribution in [0.15, 0.2) is 77.7 Å². The number of nitrogens with one attached hydrogen (secondary N) is 1. The van der Waals surface area contributed by atoms with E-state index in [2.05, 4.69) is 5.32 Å². The van der Waals surface area contributed by atoms with Crippen molar-refractivity contribution in [2.75, 3.05) is 0 Å². The maximum Gasteiger partial charge on any atom is 0.244 e. The molecule has 160 valence electrons. The second-order valence-corrected chi connectivity index (χ2v) is 9.87. The van der Waals surface area contributed by atoms with Crippen molar-refractivity contribution in [1.82, 2.24) is 9.62 Å². The first kappa shape index (κ1) is 21.3. The van der Waals surface area contributed by atoms with Gasteiger partial charge in [-0.25, -0.2) is 8.42 Å². The fourth-order valence-corrected chi connectivity index (χ4v) is 5.87. The van der Waals surface area contributed by atoms with E-state index in [0.29, 0.717) is 18.5 Å². The lowest BCUT2D eigenvalue weighted by Crippen LogP contribution is -2.52. The molecule has 3 aromatic carbocycles. The van der Waals surface area contributed by atoms with Crippen LogP contribution < -0.4 is 5.32 Å². The Kier molecular flexibility index (Phi) is 5.94. The zero-order chi connectivity index (χ0) is 22.0. The first-order valence-electron chi connectivity index (χ1n) is 10.3. The molecule has 0 saturated heterocycles. The number of amides is 1. The molecule has 1 N–H and O–H groups in total. The van der Waals surface area contributed by atoms with Crippen LogP contribution in [0.25, 0.3) is 0 Å². The highest BCUT2D eigenvalue weighted by atomic mass is 32.2. The van der Waals surface area contributed by atoms with Gasteiger partial charge in [-0.15, -0.1) is 0 Å². The number of fused-ring (bicyclic) bond motifs is 1. The second kappa shape index (κ2) is 8.65. The molecular formula is C25H26N2O3S. The Hall–Kier alpha value is -2.96. The van der Waals surface area contributed by atoms with E-state index >= 15 is 0 Å². The summed E-state index contributed by atoms with van der Waals surface area (Å²) < 4.78 is 28.8. The van der Waals surface area contributed by atoms with Gasteiger partial charge in [-0.1, -0.05) is 66.7 Å². The quantitative estimate of drug-likeness (QED) is 0.665. The molecule has 0 saturated carbocycles. The summed E-state index contributed by atoms with van der Waals surface area (Å²) in [6.07, 6.45) is 0.348. The Bertz CT molecular complexity index is 1210. The van der Waals surface area contributed by atoms with Gasteiger partial charge in [0.1, 0.15) is 6.04 Å². The number of sulfonamides is 1. The van der Waals surface area contributed by atoms with Crippen LogP contribution in [0.5, 0.6) is 0 Å². The maximum absolute atomic E-state index is 13.7. The van der Waals surface area contributed by atoms with Crippen molar-refractivity contribution in [1.29, 1.82) is 0 Å². The average molecular weight is 435 g/mol. The summed E-state index contributed by atoms with van der Waals surface area (Å²) in [4.78, 5) is 13.5. The molecular weight excluding hydrogens is 408 g/mol. The molecule has 6 heteroatoms. The monoisotopic (exact) mass is 434 g/mol. The highest BCUT2D eigenvalue weighted by Gasteiger charge is 2.40. The normalized spacial score (nSPS) is 16.5. The topological polar surface area (TPSA) is 66.5 Å². The highest BCUT2D eigenvalue weighted by Crippen LogP contribution is 2.31. The minimum atomic E-state index is -3.86. The van der Waals surface area contributed by atoms with E-state index in [1.807, 2.05) is 73.7 Å². The second-order valence-electron chi connectivity index (χ2n) is 8.01. The molecule has 31 heavy (non-hydrogen) atoms. The summed E-state index contributed by atoms with van der Waals surface area (Å²) in [6.45, 7) is 4.19. The van der Waals surface area contributed by atoms with Gasteiger partial charge in [0.05, 0.1) is 4.90 Å². The van der Waals surface area contributed by atoms with Crippen molar-refractivity contribution < 1.29 is 13.2 Å². The predicted molar refractivity (Wildman–Crippen MR) is 121 cm³/mol. The van der Waals surface area contributed by atoms with Crippen LogP contribution in [-0.4, -0.2) is 24.7 Å². The van der Waals surface area contributed by atoms with E-state index in [9.17, 15) is 13.2 Å². The van der Waals surface area contributed by atoms with E-state index in [1.165, 1.54) is 4.31 Å². The Labute approximate surface area is 183 Å². The maximum atomic E-state index is 13.7. The smallest absolute Gasteiger partial charge is 0.244 e. The predicted octanol–water partition coefficient (Wildman–Crippen LogP) is 3.74. The molecule has 1 heterocycles. The molecule has 0 bridgehead atoms. The lowest BCUT2D eigenvalue weighted by atomic mass is 9.95. The molecule has 1 aliphatic heterocycles. The average Bonchev–Trinajstić information content (AvgIpc) is 2.78. The van der Waals surface area contributed by atoms with Crippen LogP contribution in [-0.2, 0) is 34.3 Å². The van der Waals surface area contributed by atoms with Crippen LogP contribution in [0, 0.1) is 13.8 Å². The molecule has 1 atom stereocenters. The van der Waals surface area contributed by atoms with E-state index in [0.717, 1.165) is 22.3 Å². The fraction of sp³-hybridized carbons (Fsp3) is 0.240. The third-order valence-electron chi connectivity index (χ3n) is 5.75. The van der Waals surface area contributed by atoms with Crippen LogP contribution >= 0.6 is 0 Å². The molecule has 0 aliphatic carbocycles. The van der Waals surface area contributed by atoms with E-state index in [1.54, 1.807) is 13.0 Å². The number of carbonyl (C=O) groups excluding carboxylic acids is 1. The van der Waals surface area contributed by atoms with Gasteiger partial charge < -0.3 is 5.32 Å². The summed E-state index contributed by atoms with van der Waals surface area (Å²) in [5.74, 6) is -0.285. The molecule has 3 aromatic rings. The van der Waals surface area contributed by atoms with Gasteiger partial charge in [-0.3, -0.25) is 4.79 Å². The van der Waals surface area contributed by atoms with Gasteiger partial charge in [-0.05, 0) is 54.2 Å². The number of aryl methyl sites for hydroxylation is 2. The van der Waals surface area contributed by atoms with Gasteiger partial charge in [0.25, 0.3) is 0 Å². The lowest BCUT2D eigenvalue weighted by Gasteiger charge is -2.35. The first-order chi connectivity index (χ1) is 14.9. The molecule has 4 rings (SSSR count). The largest absolute Gasteiger partial charge is 0.351 e. The fourth-order valence-electron chi connectivity index (χ4n) is 3.99. The lowest BCUT2D eigenvalue weighted by molar-refractivity contribution is -0.125. The standard InChI is InChI=1S/C25H26N2O3S/c1-18-12-13-19(2)24(14-18)31(29,30)27-17-22-11-7-6-10-21(22)15-23(27)25(28)26-16-20-8-4-3-5-9-20/h3-14,23H,15-17H2,1-2H3,(H,26,28). The van der Waals surface area contributed by atoms with Gasteiger partial charge in [0.2, 0.25) is 15.9 Å². The summed E-state index contributed by atoms with van der Waals surface area (Å²) in [6, 6.07) is 21.9. The van der Waals surface area contributed by atoms with Crippen LogP contribution in [0.1, 0.15) is 27.8 Å². The molecule has 0 radical (unpaired) electrons. The van der Waals surface area contributed by atoms with E-state index in [-0.39, 0.29) is 17.3 Å². The summed E-state index contributed by atoms with van der Waals surface area (Å²) in [5.41, 5.74) is 4.45. The van der Waals surface area contributed by atoms with Crippen molar-refractivity contribution in [3.05, 3.63) is 101 Å². The van der Waals surface area contributed by atoms with Crippen molar-refractivity contribution in [2.45, 2.75) is 44.3 Å². The minimum Gasteiger partial charge on any atom is -0.351 e. The molecule has 0 fully saturated rings. The van der Waals surface area contributed by atoms with E-state index in [4.69, 9.17) is 0 Å². The van der Waals surface area contributed by atoms with Crippen LogP contribution in [0.4, 0.5) is 0 Å². The SMILES string of the molecule is Cc1ccc(C)c(S(=O)(=O)N2Cc3ccccc3CC2C(=O)NCc2ccccc2)c1. The molecule has 0 aromatic heterocycles. The zero-order valence-corrected chi connectivity index (χ0v) is 18.5. The number of hydrogen-bond acceptors (Lipinski definition) is 3. The van der Waals surface area contributed by atoms with Gasteiger partial charge in [0, 0.05) is 13.1 Å².